The lowest BCUT2D eigenvalue weighted by atomic mass is 10.0. The van der Waals surface area contributed by atoms with Gasteiger partial charge < -0.3 is 41.2 Å². The SMILES string of the molecule is CC(C)CC(N)C(=O)O.O=C[C@H](O)[C@@H](O)[C@@H](O)[C@H](O)CO. The number of carbonyl (C=O) groups is 2. The van der Waals surface area contributed by atoms with Gasteiger partial charge in [0, 0.05) is 0 Å². The fourth-order valence-corrected chi connectivity index (χ4v) is 1.23. The lowest BCUT2D eigenvalue weighted by Gasteiger charge is -2.22. The van der Waals surface area contributed by atoms with E-state index in [9.17, 15) is 9.59 Å². The molecule has 0 heterocycles. The van der Waals surface area contributed by atoms with Gasteiger partial charge in [-0.25, -0.2) is 0 Å². The van der Waals surface area contributed by atoms with Gasteiger partial charge in [0.15, 0.2) is 6.29 Å². The Morgan fingerprint density at radius 3 is 1.86 bits per heavy atom. The molecule has 9 heteroatoms. The first kappa shape index (κ1) is 22.2. The molecule has 0 aliphatic carbocycles. The first-order valence-corrected chi connectivity index (χ1v) is 6.35. The normalized spacial score (nSPS) is 18.0. The molecule has 21 heavy (non-hydrogen) atoms. The van der Waals surface area contributed by atoms with Gasteiger partial charge in [0.25, 0.3) is 0 Å². The first-order chi connectivity index (χ1) is 9.58. The van der Waals surface area contributed by atoms with E-state index >= 15 is 0 Å². The molecule has 0 saturated carbocycles. The average molecular weight is 311 g/mol. The van der Waals surface area contributed by atoms with Gasteiger partial charge in [-0.2, -0.15) is 0 Å². The van der Waals surface area contributed by atoms with E-state index < -0.39 is 43.0 Å². The summed E-state index contributed by atoms with van der Waals surface area (Å²) in [5.74, 6) is -0.556. The topological polar surface area (TPSA) is 182 Å². The van der Waals surface area contributed by atoms with Crippen LogP contribution in [0.2, 0.25) is 0 Å². The van der Waals surface area contributed by atoms with E-state index in [1.807, 2.05) is 13.8 Å². The maximum atomic E-state index is 10.1. The van der Waals surface area contributed by atoms with Gasteiger partial charge >= 0.3 is 5.97 Å². The molecule has 126 valence electrons. The average Bonchev–Trinajstić information content (AvgIpc) is 2.43. The molecule has 0 fully saturated rings. The summed E-state index contributed by atoms with van der Waals surface area (Å²) >= 11 is 0. The minimum absolute atomic E-state index is 0.0258. The molecule has 9 nitrogen and oxygen atoms in total. The molecule has 0 aliphatic heterocycles. The van der Waals surface area contributed by atoms with E-state index in [0.717, 1.165) is 0 Å². The van der Waals surface area contributed by atoms with Gasteiger partial charge in [0.05, 0.1) is 6.61 Å². The Labute approximate surface area is 122 Å². The van der Waals surface area contributed by atoms with Crippen LogP contribution in [-0.4, -0.2) is 80.0 Å². The number of aliphatic hydroxyl groups excluding tert-OH is 5. The van der Waals surface area contributed by atoms with E-state index in [4.69, 9.17) is 36.4 Å². The first-order valence-electron chi connectivity index (χ1n) is 6.35. The summed E-state index contributed by atoms with van der Waals surface area (Å²) in [6, 6.07) is -0.690. The van der Waals surface area contributed by atoms with Crippen molar-refractivity contribution in [1.29, 1.82) is 0 Å². The highest BCUT2D eigenvalue weighted by atomic mass is 16.4. The van der Waals surface area contributed by atoms with Crippen molar-refractivity contribution >= 4 is 12.3 Å². The van der Waals surface area contributed by atoms with Crippen molar-refractivity contribution in [1.82, 2.24) is 0 Å². The van der Waals surface area contributed by atoms with E-state index in [0.29, 0.717) is 12.3 Å². The van der Waals surface area contributed by atoms with Crippen LogP contribution in [0.1, 0.15) is 20.3 Å². The van der Waals surface area contributed by atoms with Crippen LogP contribution in [0.3, 0.4) is 0 Å². The summed E-state index contributed by atoms with van der Waals surface area (Å²) in [7, 11) is 0. The standard InChI is InChI=1S/C6H13NO2.C6H12O6/c1-4(2)3-5(7)6(8)9;7-1-3(9)5(11)6(12)4(10)2-8/h4-5H,3,7H2,1-2H3,(H,8,9);1,3-6,8-12H,2H2/t;3-,4+,5+,6-/m.0/s1. The molecule has 1 unspecified atom stereocenters. The van der Waals surface area contributed by atoms with Gasteiger partial charge in [-0.1, -0.05) is 13.8 Å². The maximum absolute atomic E-state index is 10.1. The monoisotopic (exact) mass is 311 g/mol. The van der Waals surface area contributed by atoms with Crippen molar-refractivity contribution in [3.8, 4) is 0 Å². The Morgan fingerprint density at radius 2 is 1.62 bits per heavy atom. The van der Waals surface area contributed by atoms with Crippen molar-refractivity contribution in [3.63, 3.8) is 0 Å². The number of carboxylic acids is 1. The number of aliphatic hydroxyl groups is 5. The molecule has 0 saturated heterocycles. The minimum Gasteiger partial charge on any atom is -0.480 e. The third-order valence-electron chi connectivity index (χ3n) is 2.46. The summed E-state index contributed by atoms with van der Waals surface area (Å²) in [5.41, 5.74) is 5.22. The molecule has 0 aliphatic rings. The van der Waals surface area contributed by atoms with E-state index in [1.165, 1.54) is 0 Å². The molecular formula is C12H25NO8. The van der Waals surface area contributed by atoms with E-state index in [-0.39, 0.29) is 6.29 Å². The number of aliphatic carboxylic acids is 1. The van der Waals surface area contributed by atoms with Crippen molar-refractivity contribution in [3.05, 3.63) is 0 Å². The maximum Gasteiger partial charge on any atom is 0.320 e. The van der Waals surface area contributed by atoms with Crippen LogP contribution >= 0.6 is 0 Å². The molecule has 0 spiro atoms. The second-order valence-electron chi connectivity index (χ2n) is 4.93. The molecule has 0 bridgehead atoms. The summed E-state index contributed by atoms with van der Waals surface area (Å²) in [6.45, 7) is 3.13. The molecule has 0 rings (SSSR count). The number of hydrogen-bond acceptors (Lipinski definition) is 8. The zero-order chi connectivity index (χ0) is 17.2. The second kappa shape index (κ2) is 11.5. The summed E-state index contributed by atoms with van der Waals surface area (Å²) in [5, 5.41) is 51.8. The third-order valence-corrected chi connectivity index (χ3v) is 2.46. The minimum atomic E-state index is -1.79. The molecule has 0 radical (unpaired) electrons. The molecule has 0 aromatic heterocycles. The quantitative estimate of drug-likeness (QED) is 0.231. The number of carboxylic acid groups (broad SMARTS) is 1. The molecular weight excluding hydrogens is 286 g/mol. The fourth-order valence-electron chi connectivity index (χ4n) is 1.23. The van der Waals surface area contributed by atoms with E-state index in [2.05, 4.69) is 0 Å². The third kappa shape index (κ3) is 10.3. The molecule has 0 aromatic carbocycles. The van der Waals surface area contributed by atoms with Gasteiger partial charge in [0.1, 0.15) is 30.5 Å². The number of carbonyl (C=O) groups excluding carboxylic acids is 1. The highest BCUT2D eigenvalue weighted by Gasteiger charge is 2.29. The Bertz CT molecular complexity index is 299. The molecule has 8 N–H and O–H groups in total. The van der Waals surface area contributed by atoms with Crippen LogP contribution in [0.5, 0.6) is 0 Å². The lowest BCUT2D eigenvalue weighted by molar-refractivity contribution is -0.139. The number of nitrogens with two attached hydrogens (primary N) is 1. The largest absolute Gasteiger partial charge is 0.480 e. The molecule has 5 atom stereocenters. The highest BCUT2D eigenvalue weighted by Crippen LogP contribution is 2.03. The Morgan fingerprint density at radius 1 is 1.14 bits per heavy atom. The number of rotatable bonds is 8. The van der Waals surface area contributed by atoms with Gasteiger partial charge in [0.2, 0.25) is 0 Å². The van der Waals surface area contributed by atoms with Gasteiger partial charge in [-0.3, -0.25) is 4.79 Å². The fraction of sp³-hybridized carbons (Fsp3) is 0.833. The Hall–Kier alpha value is -1.10. The Kier molecular flexibility index (Phi) is 12.2. The Balaban J connectivity index is 0. The van der Waals surface area contributed by atoms with E-state index in [1.54, 1.807) is 0 Å². The van der Waals surface area contributed by atoms with Crippen molar-refractivity contribution < 1.29 is 40.2 Å². The second-order valence-corrected chi connectivity index (χ2v) is 4.93. The lowest BCUT2D eigenvalue weighted by Crippen LogP contribution is -2.46. The van der Waals surface area contributed by atoms with Gasteiger partial charge in [-0.05, 0) is 12.3 Å². The zero-order valence-electron chi connectivity index (χ0n) is 12.0. The zero-order valence-corrected chi connectivity index (χ0v) is 12.0. The van der Waals surface area contributed by atoms with Crippen LogP contribution < -0.4 is 5.73 Å². The smallest absolute Gasteiger partial charge is 0.320 e. The van der Waals surface area contributed by atoms with Crippen molar-refractivity contribution in [2.24, 2.45) is 11.7 Å². The molecule has 0 amide bonds. The summed E-state index contributed by atoms with van der Waals surface area (Å²) in [6.07, 6.45) is -6.29. The van der Waals surface area contributed by atoms with Crippen molar-refractivity contribution in [2.75, 3.05) is 6.61 Å². The van der Waals surface area contributed by atoms with Crippen LogP contribution in [0, 0.1) is 5.92 Å². The van der Waals surface area contributed by atoms with Crippen LogP contribution in [0.25, 0.3) is 0 Å². The predicted octanol–water partition coefficient (Wildman–Crippen LogP) is -2.93. The van der Waals surface area contributed by atoms with Crippen LogP contribution in [0.4, 0.5) is 0 Å². The van der Waals surface area contributed by atoms with Crippen LogP contribution in [-0.2, 0) is 9.59 Å². The number of hydrogen-bond donors (Lipinski definition) is 7. The number of aldehydes is 1. The van der Waals surface area contributed by atoms with Crippen LogP contribution in [0.15, 0.2) is 0 Å². The molecule has 0 aromatic rings. The van der Waals surface area contributed by atoms with Gasteiger partial charge in [-0.15, -0.1) is 0 Å². The summed E-state index contributed by atoms with van der Waals surface area (Å²) < 4.78 is 0. The highest BCUT2D eigenvalue weighted by molar-refractivity contribution is 5.72. The predicted molar refractivity (Wildman–Crippen MR) is 72.2 cm³/mol. The van der Waals surface area contributed by atoms with Crippen molar-refractivity contribution in [2.45, 2.75) is 50.7 Å². The summed E-state index contributed by atoms with van der Waals surface area (Å²) in [4.78, 5) is 20.0.